The zero-order chi connectivity index (χ0) is 22.9. The van der Waals surface area contributed by atoms with E-state index >= 15 is 0 Å². The van der Waals surface area contributed by atoms with Crippen molar-refractivity contribution in [2.75, 3.05) is 0 Å². The van der Waals surface area contributed by atoms with E-state index in [1.807, 2.05) is 13.0 Å². The fourth-order valence-corrected chi connectivity index (χ4v) is 4.74. The number of aliphatic hydroxyl groups is 1. The van der Waals surface area contributed by atoms with Crippen molar-refractivity contribution in [1.82, 2.24) is 4.98 Å². The van der Waals surface area contributed by atoms with Gasteiger partial charge >= 0.3 is 6.18 Å². The first kappa shape index (κ1) is 22.4. The highest BCUT2D eigenvalue weighted by atomic mass is 19.4. The van der Waals surface area contributed by atoms with E-state index in [2.05, 4.69) is 4.98 Å². The lowest BCUT2D eigenvalue weighted by Gasteiger charge is -2.26. The number of hydrogen-bond acceptors (Lipinski definition) is 4. The Morgan fingerprint density at radius 3 is 2.34 bits per heavy atom. The van der Waals surface area contributed by atoms with Gasteiger partial charge in [-0.1, -0.05) is 13.0 Å². The molecule has 1 heterocycles. The summed E-state index contributed by atoms with van der Waals surface area (Å²) in [6, 6.07) is 7.28. The number of halogens is 3. The molecule has 0 amide bonds. The molecule has 2 bridgehead atoms. The van der Waals surface area contributed by atoms with Gasteiger partial charge < -0.3 is 9.84 Å². The van der Waals surface area contributed by atoms with Gasteiger partial charge in [-0.25, -0.2) is 4.98 Å². The van der Waals surface area contributed by atoms with Crippen molar-refractivity contribution in [2.24, 2.45) is 11.8 Å². The number of hydrogen-bond donors (Lipinski definition) is 1. The number of aryl methyl sites for hydroxylation is 1. The number of carbonyl (C=O) groups is 1. The molecule has 5 rings (SSSR count). The molecule has 3 aliphatic rings. The van der Waals surface area contributed by atoms with E-state index < -0.39 is 11.7 Å². The molecule has 1 fully saturated rings. The average molecular weight is 445 g/mol. The first-order valence-electron chi connectivity index (χ1n) is 11.0. The summed E-state index contributed by atoms with van der Waals surface area (Å²) in [5, 5.41) is 10.9. The maximum Gasteiger partial charge on any atom is 0.417 e. The van der Waals surface area contributed by atoms with E-state index in [9.17, 15) is 23.1 Å². The summed E-state index contributed by atoms with van der Waals surface area (Å²) in [5.74, 6) is 1.16. The lowest BCUT2D eigenvalue weighted by atomic mass is 9.79. The molecule has 0 saturated heterocycles. The number of pyridine rings is 1. The summed E-state index contributed by atoms with van der Waals surface area (Å²) in [4.78, 5) is 17.0. The second-order valence-corrected chi connectivity index (χ2v) is 8.70. The van der Waals surface area contributed by atoms with Gasteiger partial charge in [-0.15, -0.1) is 0 Å². The summed E-state index contributed by atoms with van der Waals surface area (Å²) in [6.45, 7) is 1.97. The maximum atomic E-state index is 13.2. The van der Waals surface area contributed by atoms with Crippen LogP contribution in [0.1, 0.15) is 62.1 Å². The largest absolute Gasteiger partial charge is 0.512 e. The van der Waals surface area contributed by atoms with Crippen LogP contribution in [0.4, 0.5) is 13.2 Å². The molecule has 170 valence electrons. The highest BCUT2D eigenvalue weighted by molar-refractivity contribution is 6.21. The molecule has 32 heavy (non-hydrogen) atoms. The molecule has 2 aromatic rings. The van der Waals surface area contributed by atoms with Crippen LogP contribution in [0.2, 0.25) is 0 Å². The second-order valence-electron chi connectivity index (χ2n) is 8.70. The maximum absolute atomic E-state index is 13.2. The van der Waals surface area contributed by atoms with Gasteiger partial charge in [-0.05, 0) is 73.3 Å². The number of rotatable bonds is 4. The molecule has 1 aromatic heterocycles. The molecule has 0 aliphatic heterocycles. The van der Waals surface area contributed by atoms with Gasteiger partial charge in [0.25, 0.3) is 0 Å². The number of alkyl halides is 3. The van der Waals surface area contributed by atoms with Crippen LogP contribution in [-0.2, 0) is 17.4 Å². The Morgan fingerprint density at radius 1 is 1.06 bits per heavy atom. The second kappa shape index (κ2) is 8.96. The molecular weight excluding hydrogens is 419 g/mol. The van der Waals surface area contributed by atoms with Crippen LogP contribution in [0, 0.1) is 11.8 Å². The first-order chi connectivity index (χ1) is 15.2. The van der Waals surface area contributed by atoms with Gasteiger partial charge in [0, 0.05) is 25.1 Å². The molecule has 0 radical (unpaired) electrons. The third kappa shape index (κ3) is 4.81. The lowest BCUT2D eigenvalue weighted by molar-refractivity contribution is -0.137. The van der Waals surface area contributed by atoms with E-state index in [0.29, 0.717) is 48.0 Å². The summed E-state index contributed by atoms with van der Waals surface area (Å²) < 4.78 is 44.0. The first-order valence-corrected chi connectivity index (χ1v) is 11.0. The highest BCUT2D eigenvalue weighted by Crippen LogP contribution is 2.40. The molecule has 0 atom stereocenters. The predicted molar refractivity (Wildman–Crippen MR) is 114 cm³/mol. The molecular formula is C25H26F3NO3. The minimum atomic E-state index is -4.47. The standard InChI is InChI=1S/C25H26F3NO3/c1-2-17-7-9-19(32-23-10-8-18(14-29-23)25(26,27)28)13-20(17)24-21(30)11-15-3-4-16(6-5-15)12-22(24)31/h7-10,13-16,30H,2-6,11-12H2,1H3/b24-21+/t15-,16+. The number of allylic oxidation sites excluding steroid dienone is 2. The Labute approximate surface area is 185 Å². The summed E-state index contributed by atoms with van der Waals surface area (Å²) in [6.07, 6.45) is 1.90. The average Bonchev–Trinajstić information content (AvgIpc) is 2.84. The van der Waals surface area contributed by atoms with Crippen LogP contribution in [0.25, 0.3) is 5.57 Å². The van der Waals surface area contributed by atoms with Gasteiger partial charge in [0.15, 0.2) is 5.78 Å². The van der Waals surface area contributed by atoms with Crippen LogP contribution >= 0.6 is 0 Å². The van der Waals surface area contributed by atoms with Gasteiger partial charge in [0.05, 0.1) is 11.1 Å². The SMILES string of the molecule is CCc1ccc(Oc2ccc(C(F)(F)F)cn2)cc1/C1=C(\O)C[C@H]2CC[C@H](CC2)CC1=O. The van der Waals surface area contributed by atoms with Crippen LogP contribution in [0.15, 0.2) is 42.3 Å². The van der Waals surface area contributed by atoms with Crippen molar-refractivity contribution in [3.05, 3.63) is 59.0 Å². The summed E-state index contributed by atoms with van der Waals surface area (Å²) in [7, 11) is 0. The van der Waals surface area contributed by atoms with Crippen molar-refractivity contribution in [3.63, 3.8) is 0 Å². The van der Waals surface area contributed by atoms with Gasteiger partial charge in [-0.3, -0.25) is 4.79 Å². The van der Waals surface area contributed by atoms with E-state index in [1.165, 1.54) is 0 Å². The van der Waals surface area contributed by atoms with E-state index in [-0.39, 0.29) is 17.4 Å². The van der Waals surface area contributed by atoms with Gasteiger partial charge in [-0.2, -0.15) is 13.2 Å². The molecule has 3 aliphatic carbocycles. The number of carbonyl (C=O) groups excluding carboxylic acids is 1. The molecule has 1 saturated carbocycles. The van der Waals surface area contributed by atoms with Crippen molar-refractivity contribution in [1.29, 1.82) is 0 Å². The molecule has 0 unspecified atom stereocenters. The van der Waals surface area contributed by atoms with Crippen LogP contribution < -0.4 is 4.74 Å². The highest BCUT2D eigenvalue weighted by Gasteiger charge is 2.32. The van der Waals surface area contributed by atoms with E-state index in [1.54, 1.807) is 12.1 Å². The van der Waals surface area contributed by atoms with Gasteiger partial charge in [0.2, 0.25) is 5.88 Å². The molecule has 4 nitrogen and oxygen atoms in total. The number of Topliss-reactive ketones (excluding diaryl/α,β-unsaturated/α-hetero) is 1. The number of fused-ring (bicyclic) bond motifs is 5. The number of aliphatic hydroxyl groups excluding tert-OH is 1. The van der Waals surface area contributed by atoms with Crippen LogP contribution in [0.3, 0.4) is 0 Å². The summed E-state index contributed by atoms with van der Waals surface area (Å²) >= 11 is 0. The Bertz CT molecular complexity index is 1020. The molecule has 1 aromatic carbocycles. The molecule has 1 N–H and O–H groups in total. The third-order valence-corrected chi connectivity index (χ3v) is 6.51. The fraction of sp³-hybridized carbons (Fsp3) is 0.440. The number of benzene rings is 1. The Hall–Kier alpha value is -2.83. The minimum Gasteiger partial charge on any atom is -0.512 e. The monoisotopic (exact) mass is 445 g/mol. The normalized spacial score (nSPS) is 24.1. The van der Waals surface area contributed by atoms with Crippen molar-refractivity contribution >= 4 is 11.4 Å². The van der Waals surface area contributed by atoms with Gasteiger partial charge in [0.1, 0.15) is 11.5 Å². The number of ether oxygens (including phenoxy) is 1. The Balaban J connectivity index is 1.67. The number of ketones is 1. The van der Waals surface area contributed by atoms with E-state index in [0.717, 1.165) is 49.6 Å². The predicted octanol–water partition coefficient (Wildman–Crippen LogP) is 6.89. The van der Waals surface area contributed by atoms with Crippen LogP contribution in [-0.4, -0.2) is 15.9 Å². The van der Waals surface area contributed by atoms with Crippen LogP contribution in [0.5, 0.6) is 11.6 Å². The quantitative estimate of drug-likeness (QED) is 0.556. The molecule has 0 spiro atoms. The Kier molecular flexibility index (Phi) is 6.26. The number of nitrogens with zero attached hydrogens (tertiary/aromatic N) is 1. The number of aromatic nitrogens is 1. The minimum absolute atomic E-state index is 0.0187. The topological polar surface area (TPSA) is 59.4 Å². The van der Waals surface area contributed by atoms with Crippen molar-refractivity contribution in [2.45, 2.75) is 58.0 Å². The lowest BCUT2D eigenvalue weighted by Crippen LogP contribution is -2.15. The smallest absolute Gasteiger partial charge is 0.417 e. The zero-order valence-electron chi connectivity index (χ0n) is 17.9. The third-order valence-electron chi connectivity index (χ3n) is 6.51. The zero-order valence-corrected chi connectivity index (χ0v) is 17.9. The van der Waals surface area contributed by atoms with Crippen molar-refractivity contribution < 1.29 is 27.8 Å². The summed E-state index contributed by atoms with van der Waals surface area (Å²) in [5.41, 5.74) is 1.03. The fourth-order valence-electron chi connectivity index (χ4n) is 4.74. The van der Waals surface area contributed by atoms with Crippen molar-refractivity contribution in [3.8, 4) is 11.6 Å². The van der Waals surface area contributed by atoms with E-state index in [4.69, 9.17) is 4.74 Å². The Morgan fingerprint density at radius 2 is 1.75 bits per heavy atom. The molecule has 7 heteroatoms.